The van der Waals surface area contributed by atoms with E-state index in [1.54, 1.807) is 18.3 Å². The average molecular weight is 675 g/mol. The molecular formula is C30H29F7N4O6. The van der Waals surface area contributed by atoms with Crippen LogP contribution in [0.5, 0.6) is 0 Å². The molecular weight excluding hydrogens is 645 g/mol. The molecule has 4 N–H and O–H groups in total. The molecule has 2 aromatic carbocycles. The maximum Gasteiger partial charge on any atom is 0.490 e. The number of carboxylic acids is 2. The lowest BCUT2D eigenvalue weighted by Crippen LogP contribution is -2.47. The topological polar surface area (TPSA) is 149 Å². The van der Waals surface area contributed by atoms with Crippen molar-refractivity contribution in [1.82, 2.24) is 20.5 Å². The predicted octanol–water partition coefficient (Wildman–Crippen LogP) is 4.37. The van der Waals surface area contributed by atoms with Crippen LogP contribution in [0.4, 0.5) is 30.7 Å². The van der Waals surface area contributed by atoms with Gasteiger partial charge in [-0.2, -0.15) is 26.3 Å². The summed E-state index contributed by atoms with van der Waals surface area (Å²) in [5.74, 6) is -5.74. The summed E-state index contributed by atoms with van der Waals surface area (Å²) in [5, 5.41) is 21.2. The van der Waals surface area contributed by atoms with Crippen molar-refractivity contribution in [2.75, 3.05) is 32.7 Å². The van der Waals surface area contributed by atoms with Gasteiger partial charge in [0, 0.05) is 37.1 Å². The lowest BCUT2D eigenvalue weighted by atomic mass is 9.68. The predicted molar refractivity (Wildman–Crippen MR) is 152 cm³/mol. The molecule has 0 bridgehead atoms. The summed E-state index contributed by atoms with van der Waals surface area (Å²) >= 11 is 0. The number of carbonyl (C=O) groups is 4. The number of nitrogens with zero attached hydrogens (tertiary/aromatic N) is 2. The molecule has 0 saturated carbocycles. The van der Waals surface area contributed by atoms with E-state index in [0.717, 1.165) is 48.9 Å². The van der Waals surface area contributed by atoms with Gasteiger partial charge in [0.05, 0.1) is 16.5 Å². The number of amides is 2. The van der Waals surface area contributed by atoms with Crippen LogP contribution in [-0.2, 0) is 14.4 Å². The van der Waals surface area contributed by atoms with E-state index in [2.05, 4.69) is 20.5 Å². The fourth-order valence-corrected chi connectivity index (χ4v) is 5.23. The second-order valence-corrected chi connectivity index (χ2v) is 10.6. The standard InChI is InChI=1S/C26H27FN4O2.2C2HF3O2/c27-21-7-5-18(6-8-21)22-17-30-25(33)26(22)9-12-31(13-10-26)14-11-28-24(32)20-15-19-3-1-2-4-23(19)29-16-20;2*3-2(4,5)1(6)7/h1-8,15-16,22H,9-14,17H2,(H,28,32)(H,30,33);2*(H,6,7)/t22-;;/m1../s1. The summed E-state index contributed by atoms with van der Waals surface area (Å²) in [7, 11) is 0. The van der Waals surface area contributed by atoms with Gasteiger partial charge in [-0.15, -0.1) is 0 Å². The summed E-state index contributed by atoms with van der Waals surface area (Å²) in [4.78, 5) is 49.8. The number of benzene rings is 2. The Morgan fingerprint density at radius 2 is 1.49 bits per heavy atom. The van der Waals surface area contributed by atoms with Crippen LogP contribution in [0.15, 0.2) is 60.8 Å². The molecule has 5 rings (SSSR count). The molecule has 2 fully saturated rings. The van der Waals surface area contributed by atoms with Crippen LogP contribution in [-0.4, -0.2) is 88.9 Å². The second-order valence-electron chi connectivity index (χ2n) is 10.6. The molecule has 3 heterocycles. The van der Waals surface area contributed by atoms with Crippen LogP contribution in [0, 0.1) is 11.2 Å². The van der Waals surface area contributed by atoms with Crippen molar-refractivity contribution in [3.05, 3.63) is 77.7 Å². The smallest absolute Gasteiger partial charge is 0.475 e. The zero-order valence-electron chi connectivity index (χ0n) is 24.4. The first-order valence-electron chi connectivity index (χ1n) is 13.9. The third kappa shape index (κ3) is 9.84. The van der Waals surface area contributed by atoms with Crippen LogP contribution in [0.3, 0.4) is 0 Å². The number of piperidine rings is 1. The number of nitrogens with one attached hydrogen (secondary N) is 2. The molecule has 2 saturated heterocycles. The Kier molecular flexibility index (Phi) is 11.9. The van der Waals surface area contributed by atoms with E-state index in [4.69, 9.17) is 19.8 Å². The van der Waals surface area contributed by atoms with Gasteiger partial charge < -0.3 is 25.7 Å². The molecule has 1 aromatic heterocycles. The zero-order chi connectivity index (χ0) is 35.0. The maximum atomic E-state index is 13.4. The largest absolute Gasteiger partial charge is 0.490 e. The van der Waals surface area contributed by atoms with Crippen LogP contribution in [0.1, 0.15) is 34.7 Å². The van der Waals surface area contributed by atoms with Gasteiger partial charge in [0.1, 0.15) is 5.82 Å². The minimum atomic E-state index is -5.08. The normalized spacial score (nSPS) is 17.5. The van der Waals surface area contributed by atoms with E-state index in [9.17, 15) is 40.3 Å². The van der Waals surface area contributed by atoms with Crippen molar-refractivity contribution in [3.8, 4) is 0 Å². The van der Waals surface area contributed by atoms with E-state index in [1.807, 2.05) is 30.3 Å². The van der Waals surface area contributed by atoms with Gasteiger partial charge >= 0.3 is 24.3 Å². The number of para-hydroxylation sites is 1. The van der Waals surface area contributed by atoms with Gasteiger partial charge in [0.15, 0.2) is 0 Å². The van der Waals surface area contributed by atoms with Crippen molar-refractivity contribution in [1.29, 1.82) is 0 Å². The molecule has 0 unspecified atom stereocenters. The highest BCUT2D eigenvalue weighted by molar-refractivity contribution is 5.97. The lowest BCUT2D eigenvalue weighted by Gasteiger charge is -2.41. The van der Waals surface area contributed by atoms with Gasteiger partial charge in [0.2, 0.25) is 5.91 Å². The minimum Gasteiger partial charge on any atom is -0.475 e. The van der Waals surface area contributed by atoms with Gasteiger partial charge in [0.25, 0.3) is 5.91 Å². The van der Waals surface area contributed by atoms with E-state index in [0.29, 0.717) is 18.7 Å². The third-order valence-electron chi connectivity index (χ3n) is 7.66. The van der Waals surface area contributed by atoms with Crippen LogP contribution >= 0.6 is 0 Å². The summed E-state index contributed by atoms with van der Waals surface area (Å²) in [6, 6.07) is 16.1. The molecule has 2 amide bonds. The fraction of sp³-hybridized carbons (Fsp3) is 0.367. The molecule has 1 atom stereocenters. The number of rotatable bonds is 5. The van der Waals surface area contributed by atoms with Crippen molar-refractivity contribution >= 4 is 34.7 Å². The number of fused-ring (bicyclic) bond motifs is 1. The SMILES string of the molecule is O=C(NCCN1CCC2(CC1)C(=O)NC[C@@H]2c1ccc(F)cc1)c1cnc2ccccc2c1.O=C(O)C(F)(F)F.O=C(O)C(F)(F)F. The number of hydrogen-bond acceptors (Lipinski definition) is 6. The van der Waals surface area contributed by atoms with Crippen LogP contribution in [0.2, 0.25) is 0 Å². The average Bonchev–Trinajstić information content (AvgIpc) is 3.32. The Hall–Kier alpha value is -4.80. The number of hydrogen-bond donors (Lipinski definition) is 4. The Balaban J connectivity index is 0.000000360. The van der Waals surface area contributed by atoms with E-state index in [-0.39, 0.29) is 23.5 Å². The van der Waals surface area contributed by atoms with Crippen LogP contribution < -0.4 is 10.6 Å². The van der Waals surface area contributed by atoms with Crippen molar-refractivity contribution in [2.24, 2.45) is 5.41 Å². The van der Waals surface area contributed by atoms with Gasteiger partial charge in [-0.25, -0.2) is 14.0 Å². The summed E-state index contributed by atoms with van der Waals surface area (Å²) in [6.45, 7) is 3.44. The molecule has 17 heteroatoms. The molecule has 2 aliphatic heterocycles. The first-order chi connectivity index (χ1) is 21.9. The number of carbonyl (C=O) groups excluding carboxylic acids is 2. The maximum absolute atomic E-state index is 13.4. The number of likely N-dealkylation sites (tertiary alicyclic amines) is 1. The quantitative estimate of drug-likeness (QED) is 0.292. The first-order valence-corrected chi connectivity index (χ1v) is 13.9. The van der Waals surface area contributed by atoms with Gasteiger partial charge in [-0.3, -0.25) is 14.6 Å². The van der Waals surface area contributed by atoms with Crippen LogP contribution in [0.25, 0.3) is 10.9 Å². The summed E-state index contributed by atoms with van der Waals surface area (Å²) in [6.07, 6.45) is -7.05. The molecule has 10 nitrogen and oxygen atoms in total. The minimum absolute atomic E-state index is 0.0628. The molecule has 254 valence electrons. The lowest BCUT2D eigenvalue weighted by molar-refractivity contribution is -0.193. The molecule has 0 aliphatic carbocycles. The second kappa shape index (κ2) is 15.2. The van der Waals surface area contributed by atoms with Crippen molar-refractivity contribution in [2.45, 2.75) is 31.1 Å². The van der Waals surface area contributed by atoms with E-state index < -0.39 is 29.7 Å². The monoisotopic (exact) mass is 674 g/mol. The first kappa shape index (κ1) is 36.7. The Morgan fingerprint density at radius 1 is 0.936 bits per heavy atom. The van der Waals surface area contributed by atoms with Gasteiger partial charge in [-0.05, 0) is 55.8 Å². The molecule has 3 aromatic rings. The van der Waals surface area contributed by atoms with Crippen molar-refractivity contribution < 1.29 is 60.1 Å². The molecule has 1 spiro atoms. The third-order valence-corrected chi connectivity index (χ3v) is 7.66. The summed E-state index contributed by atoms with van der Waals surface area (Å²) in [5.41, 5.74) is 2.00. The molecule has 47 heavy (non-hydrogen) atoms. The highest BCUT2D eigenvalue weighted by atomic mass is 19.4. The van der Waals surface area contributed by atoms with E-state index >= 15 is 0 Å². The number of pyridine rings is 1. The zero-order valence-corrected chi connectivity index (χ0v) is 24.4. The Morgan fingerprint density at radius 3 is 2.04 bits per heavy atom. The number of aliphatic carboxylic acids is 2. The Labute approximate surface area is 262 Å². The number of aromatic nitrogens is 1. The number of alkyl halides is 6. The Bertz CT molecular complexity index is 1550. The number of halogens is 7. The number of carboxylic acid groups (broad SMARTS) is 2. The highest BCUT2D eigenvalue weighted by Crippen LogP contribution is 2.47. The molecule has 2 aliphatic rings. The van der Waals surface area contributed by atoms with Gasteiger partial charge in [-0.1, -0.05) is 30.3 Å². The summed E-state index contributed by atoms with van der Waals surface area (Å²) < 4.78 is 76.8. The fourth-order valence-electron chi connectivity index (χ4n) is 5.23. The van der Waals surface area contributed by atoms with Crippen molar-refractivity contribution in [3.63, 3.8) is 0 Å². The highest BCUT2D eigenvalue weighted by Gasteiger charge is 2.51. The molecule has 0 radical (unpaired) electrons. The van der Waals surface area contributed by atoms with E-state index in [1.165, 1.54) is 12.1 Å².